The molecule has 24 heavy (non-hydrogen) atoms. The molecule has 0 aliphatic carbocycles. The van der Waals surface area contributed by atoms with Crippen molar-refractivity contribution in [2.45, 2.75) is 0 Å². The number of hydrogen-bond acceptors (Lipinski definition) is 6. The molecule has 0 fully saturated rings. The third kappa shape index (κ3) is 5.06. The van der Waals surface area contributed by atoms with Crippen molar-refractivity contribution in [1.82, 2.24) is 5.43 Å². The lowest BCUT2D eigenvalue weighted by atomic mass is 10.2. The number of rotatable bonds is 6. The van der Waals surface area contributed by atoms with Gasteiger partial charge in [-0.15, -0.1) is 0 Å². The maximum atomic E-state index is 11.6. The van der Waals surface area contributed by atoms with Crippen LogP contribution in [0.1, 0.15) is 5.56 Å². The van der Waals surface area contributed by atoms with Crippen molar-refractivity contribution in [1.29, 1.82) is 0 Å². The van der Waals surface area contributed by atoms with Crippen LogP contribution in [0.3, 0.4) is 0 Å². The van der Waals surface area contributed by atoms with Crippen molar-refractivity contribution in [3.05, 3.63) is 62.6 Å². The van der Waals surface area contributed by atoms with Gasteiger partial charge < -0.3 is 9.84 Å². The monoisotopic (exact) mass is 393 g/mol. The van der Waals surface area contributed by atoms with Crippen LogP contribution in [0, 0.1) is 10.1 Å². The molecule has 0 bridgehead atoms. The molecule has 0 aromatic heterocycles. The highest BCUT2D eigenvalue weighted by atomic mass is 79.9. The number of phenolic OH excluding ortho intramolecular Hbond substituents is 1. The summed E-state index contributed by atoms with van der Waals surface area (Å²) in [5.41, 5.74) is 2.12. The van der Waals surface area contributed by atoms with Gasteiger partial charge >= 0.3 is 0 Å². The third-order valence-electron chi connectivity index (χ3n) is 2.80. The van der Waals surface area contributed by atoms with Crippen LogP contribution in [0.25, 0.3) is 0 Å². The molecule has 2 N–H and O–H groups in total. The van der Waals surface area contributed by atoms with Crippen LogP contribution in [0.5, 0.6) is 11.5 Å². The van der Waals surface area contributed by atoms with Gasteiger partial charge in [0.1, 0.15) is 11.5 Å². The average molecular weight is 394 g/mol. The third-order valence-corrected chi connectivity index (χ3v) is 3.33. The van der Waals surface area contributed by atoms with E-state index < -0.39 is 10.8 Å². The van der Waals surface area contributed by atoms with Crippen LogP contribution in [0.15, 0.2) is 52.0 Å². The number of non-ortho nitro benzene ring substituents is 1. The van der Waals surface area contributed by atoms with Gasteiger partial charge in [-0.25, -0.2) is 5.43 Å². The molecule has 0 saturated carbocycles. The summed E-state index contributed by atoms with van der Waals surface area (Å²) in [7, 11) is 0. The number of aromatic hydroxyl groups is 1. The van der Waals surface area contributed by atoms with Crippen LogP contribution in [-0.2, 0) is 4.79 Å². The van der Waals surface area contributed by atoms with Crippen LogP contribution >= 0.6 is 15.9 Å². The molecule has 2 aromatic carbocycles. The standard InChI is InChI=1S/C15H12BrN3O5/c16-11-1-4-13(5-2-11)24-9-15(21)18-17-8-10-7-12(19(22)23)3-6-14(10)20/h1-8,20H,9H2,(H,18,21). The minimum atomic E-state index is -0.596. The highest BCUT2D eigenvalue weighted by Crippen LogP contribution is 2.21. The molecule has 1 amide bonds. The second-order valence-corrected chi connectivity index (χ2v) is 5.45. The summed E-state index contributed by atoms with van der Waals surface area (Å²) in [4.78, 5) is 21.7. The summed E-state index contributed by atoms with van der Waals surface area (Å²) in [6.07, 6.45) is 1.11. The molecule has 0 unspecified atom stereocenters. The number of nitrogens with zero attached hydrogens (tertiary/aromatic N) is 2. The second kappa shape index (κ2) is 8.06. The molecule has 0 aliphatic rings. The molecule has 0 spiro atoms. The molecule has 9 heteroatoms. The van der Waals surface area contributed by atoms with Crippen molar-refractivity contribution in [3.8, 4) is 11.5 Å². The first-order valence-electron chi connectivity index (χ1n) is 6.63. The largest absolute Gasteiger partial charge is 0.507 e. The van der Waals surface area contributed by atoms with Crippen molar-refractivity contribution in [2.75, 3.05) is 6.61 Å². The summed E-state index contributed by atoms with van der Waals surface area (Å²) in [5.74, 6) is -0.183. The van der Waals surface area contributed by atoms with Crippen molar-refractivity contribution >= 4 is 33.7 Å². The van der Waals surface area contributed by atoms with Gasteiger partial charge in [-0.1, -0.05) is 15.9 Å². The van der Waals surface area contributed by atoms with Crippen LogP contribution in [0.4, 0.5) is 5.69 Å². The Morgan fingerprint density at radius 1 is 1.33 bits per heavy atom. The van der Waals surface area contributed by atoms with E-state index in [1.54, 1.807) is 24.3 Å². The number of carbonyl (C=O) groups is 1. The number of ether oxygens (including phenoxy) is 1. The highest BCUT2D eigenvalue weighted by Gasteiger charge is 2.09. The second-order valence-electron chi connectivity index (χ2n) is 4.54. The molecule has 0 atom stereocenters. The number of nitrogens with one attached hydrogen (secondary N) is 1. The van der Waals surface area contributed by atoms with E-state index >= 15 is 0 Å². The Balaban J connectivity index is 1.89. The van der Waals surface area contributed by atoms with Crippen molar-refractivity contribution < 1.29 is 19.6 Å². The van der Waals surface area contributed by atoms with Crippen molar-refractivity contribution in [2.24, 2.45) is 5.10 Å². The quantitative estimate of drug-likeness (QED) is 0.444. The fourth-order valence-electron chi connectivity index (χ4n) is 1.64. The van der Waals surface area contributed by atoms with Gasteiger partial charge in [0, 0.05) is 22.2 Å². The zero-order chi connectivity index (χ0) is 17.5. The minimum Gasteiger partial charge on any atom is -0.507 e. The SMILES string of the molecule is O=C(COc1ccc(Br)cc1)NN=Cc1cc([N+](=O)[O-])ccc1O. The zero-order valence-electron chi connectivity index (χ0n) is 12.2. The number of phenols is 1. The normalized spacial score (nSPS) is 10.5. The molecule has 8 nitrogen and oxygen atoms in total. The maximum Gasteiger partial charge on any atom is 0.277 e. The Bertz CT molecular complexity index is 777. The highest BCUT2D eigenvalue weighted by molar-refractivity contribution is 9.10. The van der Waals surface area contributed by atoms with E-state index in [1.807, 2.05) is 0 Å². The summed E-state index contributed by atoms with van der Waals surface area (Å²) in [6.45, 7) is -0.250. The predicted molar refractivity (Wildman–Crippen MR) is 90.1 cm³/mol. The topological polar surface area (TPSA) is 114 Å². The van der Waals surface area contributed by atoms with E-state index in [9.17, 15) is 20.0 Å². The van der Waals surface area contributed by atoms with E-state index in [4.69, 9.17) is 4.74 Å². The summed E-state index contributed by atoms with van der Waals surface area (Å²) in [5, 5.41) is 23.9. The summed E-state index contributed by atoms with van der Waals surface area (Å²) >= 11 is 3.29. The average Bonchev–Trinajstić information content (AvgIpc) is 2.56. The van der Waals surface area contributed by atoms with Crippen molar-refractivity contribution in [3.63, 3.8) is 0 Å². The number of nitro groups is 1. The lowest BCUT2D eigenvalue weighted by Gasteiger charge is -2.04. The van der Waals surface area contributed by atoms with Gasteiger partial charge in [0.05, 0.1) is 11.1 Å². The van der Waals surface area contributed by atoms with Gasteiger partial charge in [-0.3, -0.25) is 14.9 Å². The Hall–Kier alpha value is -2.94. The van der Waals surface area contributed by atoms with Crippen LogP contribution < -0.4 is 10.2 Å². The number of nitro benzene ring substituents is 1. The molecule has 0 saturated heterocycles. The first-order valence-corrected chi connectivity index (χ1v) is 7.42. The Labute approximate surface area is 145 Å². The first kappa shape index (κ1) is 17.4. The number of carbonyl (C=O) groups excluding carboxylic acids is 1. The molecule has 124 valence electrons. The van der Waals surface area contributed by atoms with E-state index in [0.29, 0.717) is 5.75 Å². The zero-order valence-corrected chi connectivity index (χ0v) is 13.8. The van der Waals surface area contributed by atoms with E-state index in [-0.39, 0.29) is 23.6 Å². The summed E-state index contributed by atoms with van der Waals surface area (Å²) < 4.78 is 6.14. The first-order chi connectivity index (χ1) is 11.5. The predicted octanol–water partition coefficient (Wildman–Crippen LogP) is 2.59. The molecular formula is C15H12BrN3O5. The van der Waals surface area contributed by atoms with Crippen LogP contribution in [-0.4, -0.2) is 28.8 Å². The molecule has 0 heterocycles. The molecule has 0 radical (unpaired) electrons. The van der Waals surface area contributed by atoms with Gasteiger partial charge in [0.15, 0.2) is 6.61 Å². The summed E-state index contributed by atoms with van der Waals surface area (Å²) in [6, 6.07) is 10.4. The lowest BCUT2D eigenvalue weighted by molar-refractivity contribution is -0.384. The lowest BCUT2D eigenvalue weighted by Crippen LogP contribution is -2.24. The van der Waals surface area contributed by atoms with E-state index in [0.717, 1.165) is 22.8 Å². The van der Waals surface area contributed by atoms with Gasteiger partial charge in [-0.2, -0.15) is 5.10 Å². The number of hydrazone groups is 1. The fraction of sp³-hybridized carbons (Fsp3) is 0.0667. The van der Waals surface area contributed by atoms with E-state index in [2.05, 4.69) is 26.5 Å². The van der Waals surface area contributed by atoms with E-state index in [1.165, 1.54) is 6.07 Å². The maximum absolute atomic E-state index is 11.6. The fourth-order valence-corrected chi connectivity index (χ4v) is 1.91. The number of amides is 1. The number of hydrogen-bond donors (Lipinski definition) is 2. The van der Waals surface area contributed by atoms with Gasteiger partial charge in [0.25, 0.3) is 11.6 Å². The Morgan fingerprint density at radius 2 is 2.04 bits per heavy atom. The van der Waals surface area contributed by atoms with Gasteiger partial charge in [-0.05, 0) is 30.3 Å². The molecule has 2 rings (SSSR count). The Morgan fingerprint density at radius 3 is 2.71 bits per heavy atom. The Kier molecular flexibility index (Phi) is 5.85. The molecule has 2 aromatic rings. The van der Waals surface area contributed by atoms with Crippen LogP contribution in [0.2, 0.25) is 0 Å². The van der Waals surface area contributed by atoms with Gasteiger partial charge in [0.2, 0.25) is 0 Å². The minimum absolute atomic E-state index is 0.110. The number of benzene rings is 2. The smallest absolute Gasteiger partial charge is 0.277 e. The number of halogens is 1. The molecule has 0 aliphatic heterocycles. The molecular weight excluding hydrogens is 382 g/mol.